The maximum absolute atomic E-state index is 13.2. The number of nitrogens with zero attached hydrogens (tertiary/aromatic N) is 1. The summed E-state index contributed by atoms with van der Waals surface area (Å²) in [6, 6.07) is 18.1. The van der Waals surface area contributed by atoms with Gasteiger partial charge in [-0.05, 0) is 31.0 Å². The summed E-state index contributed by atoms with van der Waals surface area (Å²) in [5.74, 6) is -0.0645. The Hall–Kier alpha value is -2.27. The highest BCUT2D eigenvalue weighted by Crippen LogP contribution is 2.37. The van der Waals surface area contributed by atoms with Crippen LogP contribution >= 0.6 is 11.8 Å². The molecule has 0 fully saturated rings. The van der Waals surface area contributed by atoms with Gasteiger partial charge < -0.3 is 9.64 Å². The molecule has 0 aliphatic carbocycles. The van der Waals surface area contributed by atoms with Crippen LogP contribution in [-0.4, -0.2) is 30.8 Å². The molecular formula is C21H23NO3S. The van der Waals surface area contributed by atoms with Crippen molar-refractivity contribution in [1.29, 1.82) is 0 Å². The van der Waals surface area contributed by atoms with Crippen LogP contribution in [0.25, 0.3) is 0 Å². The average molecular weight is 369 g/mol. The predicted octanol–water partition coefficient (Wildman–Crippen LogP) is 3.94. The Kier molecular flexibility index (Phi) is 6.34. The van der Waals surface area contributed by atoms with Gasteiger partial charge in [-0.15, -0.1) is 11.8 Å². The van der Waals surface area contributed by atoms with Crippen molar-refractivity contribution in [1.82, 2.24) is 0 Å². The molecule has 0 radical (unpaired) electrons. The minimum atomic E-state index is -0.359. The monoisotopic (exact) mass is 369 g/mol. The molecule has 0 bridgehead atoms. The van der Waals surface area contributed by atoms with Gasteiger partial charge in [-0.25, -0.2) is 0 Å². The Morgan fingerprint density at radius 2 is 1.88 bits per heavy atom. The lowest BCUT2D eigenvalue weighted by Crippen LogP contribution is -2.38. The van der Waals surface area contributed by atoms with Gasteiger partial charge in [-0.2, -0.15) is 0 Å². The molecule has 2 aromatic carbocycles. The molecule has 0 spiro atoms. The van der Waals surface area contributed by atoms with Crippen LogP contribution in [0.1, 0.15) is 18.9 Å². The highest BCUT2D eigenvalue weighted by Gasteiger charge is 2.32. The van der Waals surface area contributed by atoms with Gasteiger partial charge in [0.2, 0.25) is 5.91 Å². The van der Waals surface area contributed by atoms with Crippen LogP contribution < -0.4 is 4.90 Å². The fraction of sp³-hybridized carbons (Fsp3) is 0.333. The number of hydrogen-bond donors (Lipinski definition) is 0. The van der Waals surface area contributed by atoms with E-state index in [4.69, 9.17) is 4.74 Å². The molecular weight excluding hydrogens is 346 g/mol. The number of amides is 1. The number of carbonyl (C=O) groups excluding carboxylic acids is 2. The van der Waals surface area contributed by atoms with Crippen LogP contribution in [0.2, 0.25) is 0 Å². The highest BCUT2D eigenvalue weighted by molar-refractivity contribution is 7.99. The molecule has 0 saturated carbocycles. The number of fused-ring (bicyclic) bond motifs is 1. The quantitative estimate of drug-likeness (QED) is 0.724. The lowest BCUT2D eigenvalue weighted by molar-refractivity contribution is -0.145. The number of ether oxygens (including phenoxy) is 1. The van der Waals surface area contributed by atoms with E-state index >= 15 is 0 Å². The largest absolute Gasteiger partial charge is 0.466 e. The summed E-state index contributed by atoms with van der Waals surface area (Å²) in [7, 11) is 0. The van der Waals surface area contributed by atoms with Crippen molar-refractivity contribution in [3.8, 4) is 0 Å². The molecule has 1 aliphatic rings. The fourth-order valence-electron chi connectivity index (χ4n) is 3.09. The summed E-state index contributed by atoms with van der Waals surface area (Å²) in [5, 5.41) is 0. The first-order chi connectivity index (χ1) is 12.7. The van der Waals surface area contributed by atoms with Crippen LogP contribution in [0.5, 0.6) is 0 Å². The Morgan fingerprint density at radius 3 is 2.65 bits per heavy atom. The van der Waals surface area contributed by atoms with Crippen molar-refractivity contribution in [2.75, 3.05) is 23.8 Å². The van der Waals surface area contributed by atoms with E-state index in [1.54, 1.807) is 18.7 Å². The molecule has 26 heavy (non-hydrogen) atoms. The second-order valence-corrected chi connectivity index (χ2v) is 7.27. The molecule has 4 nitrogen and oxygen atoms in total. The third-order valence-corrected chi connectivity index (χ3v) is 5.62. The van der Waals surface area contributed by atoms with Crippen molar-refractivity contribution in [3.05, 3.63) is 60.2 Å². The Morgan fingerprint density at radius 1 is 1.15 bits per heavy atom. The summed E-state index contributed by atoms with van der Waals surface area (Å²) >= 11 is 1.64. The zero-order valence-corrected chi connectivity index (χ0v) is 15.7. The maximum atomic E-state index is 13.2. The summed E-state index contributed by atoms with van der Waals surface area (Å²) in [4.78, 5) is 28.0. The molecule has 5 heteroatoms. The first-order valence-electron chi connectivity index (χ1n) is 8.91. The Bertz CT molecular complexity index is 763. The van der Waals surface area contributed by atoms with Crippen molar-refractivity contribution < 1.29 is 14.3 Å². The Balaban J connectivity index is 1.81. The summed E-state index contributed by atoms with van der Waals surface area (Å²) in [6.07, 6.45) is 0.910. The van der Waals surface area contributed by atoms with Crippen LogP contribution in [0, 0.1) is 5.92 Å². The van der Waals surface area contributed by atoms with E-state index < -0.39 is 0 Å². The van der Waals surface area contributed by atoms with Gasteiger partial charge in [-0.1, -0.05) is 42.5 Å². The molecule has 1 atom stereocenters. The van der Waals surface area contributed by atoms with Crippen molar-refractivity contribution >= 4 is 29.3 Å². The summed E-state index contributed by atoms with van der Waals surface area (Å²) < 4.78 is 5.06. The van der Waals surface area contributed by atoms with Crippen molar-refractivity contribution in [2.45, 2.75) is 24.7 Å². The van der Waals surface area contributed by atoms with Gasteiger partial charge in [0.15, 0.2) is 0 Å². The number of hydrogen-bond acceptors (Lipinski definition) is 4. The second-order valence-electron chi connectivity index (χ2n) is 6.21. The number of esters is 1. The Labute approximate surface area is 158 Å². The number of carbonyl (C=O) groups is 2. The third kappa shape index (κ3) is 4.47. The number of para-hydroxylation sites is 1. The second kappa shape index (κ2) is 8.90. The van der Waals surface area contributed by atoms with Gasteiger partial charge in [0.1, 0.15) is 0 Å². The summed E-state index contributed by atoms with van der Waals surface area (Å²) in [5.41, 5.74) is 2.13. The SMILES string of the molecule is CCOC(=O)CC1CSc2ccccc2N(CCc2ccccc2)C1=O. The van der Waals surface area contributed by atoms with Gasteiger partial charge in [0.05, 0.1) is 24.6 Å². The third-order valence-electron chi connectivity index (χ3n) is 4.40. The number of benzene rings is 2. The van der Waals surface area contributed by atoms with Crippen LogP contribution in [-0.2, 0) is 20.7 Å². The molecule has 0 aromatic heterocycles. The predicted molar refractivity (Wildman–Crippen MR) is 104 cm³/mol. The van der Waals surface area contributed by atoms with E-state index in [1.807, 2.05) is 47.4 Å². The smallest absolute Gasteiger partial charge is 0.306 e. The van der Waals surface area contributed by atoms with E-state index in [1.165, 1.54) is 5.56 Å². The minimum Gasteiger partial charge on any atom is -0.466 e. The summed E-state index contributed by atoms with van der Waals surface area (Å²) in [6.45, 7) is 2.72. The maximum Gasteiger partial charge on any atom is 0.306 e. The van der Waals surface area contributed by atoms with E-state index in [9.17, 15) is 9.59 Å². The normalized spacial score (nSPS) is 16.7. The standard InChI is InChI=1S/C21H23NO3S/c1-2-25-20(23)14-17-15-26-19-11-7-6-10-18(19)22(21(17)24)13-12-16-8-4-3-5-9-16/h3-11,17H,2,12-15H2,1H3. The molecule has 0 saturated heterocycles. The zero-order valence-electron chi connectivity index (χ0n) is 14.9. The molecule has 1 heterocycles. The van der Waals surface area contributed by atoms with E-state index in [2.05, 4.69) is 12.1 Å². The molecule has 1 unspecified atom stereocenters. The van der Waals surface area contributed by atoms with Crippen molar-refractivity contribution in [2.24, 2.45) is 5.92 Å². The van der Waals surface area contributed by atoms with Gasteiger partial charge in [0, 0.05) is 17.2 Å². The van der Waals surface area contributed by atoms with E-state index in [0.29, 0.717) is 18.9 Å². The molecule has 1 aliphatic heterocycles. The molecule has 3 rings (SSSR count). The highest BCUT2D eigenvalue weighted by atomic mass is 32.2. The topological polar surface area (TPSA) is 46.6 Å². The molecule has 0 N–H and O–H groups in total. The van der Waals surface area contributed by atoms with E-state index in [0.717, 1.165) is 17.0 Å². The number of rotatable bonds is 6. The van der Waals surface area contributed by atoms with E-state index in [-0.39, 0.29) is 24.2 Å². The zero-order chi connectivity index (χ0) is 18.4. The van der Waals surface area contributed by atoms with Gasteiger partial charge in [0.25, 0.3) is 0 Å². The average Bonchev–Trinajstić information content (AvgIpc) is 2.79. The molecule has 2 aromatic rings. The van der Waals surface area contributed by atoms with Gasteiger partial charge >= 0.3 is 5.97 Å². The van der Waals surface area contributed by atoms with Crippen LogP contribution in [0.15, 0.2) is 59.5 Å². The number of anilines is 1. The number of thioether (sulfide) groups is 1. The lowest BCUT2D eigenvalue weighted by Gasteiger charge is -2.25. The molecule has 136 valence electrons. The first-order valence-corrected chi connectivity index (χ1v) is 9.90. The fourth-order valence-corrected chi connectivity index (χ4v) is 4.23. The first kappa shape index (κ1) is 18.5. The van der Waals surface area contributed by atoms with Crippen LogP contribution in [0.3, 0.4) is 0 Å². The molecule has 1 amide bonds. The van der Waals surface area contributed by atoms with Crippen LogP contribution in [0.4, 0.5) is 5.69 Å². The minimum absolute atomic E-state index is 0.00596. The van der Waals surface area contributed by atoms with Crippen molar-refractivity contribution in [3.63, 3.8) is 0 Å². The lowest BCUT2D eigenvalue weighted by atomic mass is 10.0. The van der Waals surface area contributed by atoms with Gasteiger partial charge in [-0.3, -0.25) is 9.59 Å².